The number of aromatic nitrogens is 4. The Morgan fingerprint density at radius 3 is 2.87 bits per heavy atom. The highest BCUT2D eigenvalue weighted by Crippen LogP contribution is 2.30. The summed E-state index contributed by atoms with van der Waals surface area (Å²) in [6, 6.07) is 7.93. The number of nitrogens with zero attached hydrogens (tertiary/aromatic N) is 5. The van der Waals surface area contributed by atoms with E-state index in [-0.39, 0.29) is 6.10 Å². The molecule has 0 radical (unpaired) electrons. The molecule has 0 aliphatic carbocycles. The SMILES string of the molecule is Cn1ncc2nc(N3CC(O)C3)nc(-c3cccc(SN)c3)c21. The normalized spacial score (nSPS) is 15.2. The van der Waals surface area contributed by atoms with Crippen LogP contribution in [0.15, 0.2) is 35.4 Å². The van der Waals surface area contributed by atoms with Crippen molar-refractivity contribution in [2.24, 2.45) is 12.2 Å². The second kappa shape index (κ2) is 5.48. The summed E-state index contributed by atoms with van der Waals surface area (Å²) in [5, 5.41) is 19.5. The van der Waals surface area contributed by atoms with Gasteiger partial charge in [0.15, 0.2) is 0 Å². The first-order valence-electron chi connectivity index (χ1n) is 7.25. The van der Waals surface area contributed by atoms with E-state index in [0.717, 1.165) is 27.2 Å². The van der Waals surface area contributed by atoms with Crippen LogP contribution in [0.25, 0.3) is 22.3 Å². The number of rotatable bonds is 3. The van der Waals surface area contributed by atoms with Crippen molar-refractivity contribution < 1.29 is 5.11 Å². The standard InChI is InChI=1S/C15H16N6OS/c1-20-14-12(6-17-20)18-15(21-7-10(22)8-21)19-13(14)9-3-2-4-11(5-9)23-16/h2-6,10,22H,7-8,16H2,1H3. The minimum absolute atomic E-state index is 0.302. The van der Waals surface area contributed by atoms with Crippen LogP contribution < -0.4 is 10.0 Å². The Morgan fingerprint density at radius 2 is 2.13 bits per heavy atom. The van der Waals surface area contributed by atoms with Crippen LogP contribution in [0.1, 0.15) is 0 Å². The third kappa shape index (κ3) is 2.44. The maximum atomic E-state index is 9.52. The molecule has 0 saturated carbocycles. The first kappa shape index (κ1) is 14.4. The highest BCUT2D eigenvalue weighted by molar-refractivity contribution is 7.97. The summed E-state index contributed by atoms with van der Waals surface area (Å²) in [7, 11) is 1.88. The van der Waals surface area contributed by atoms with Gasteiger partial charge in [-0.3, -0.25) is 9.82 Å². The summed E-state index contributed by atoms with van der Waals surface area (Å²) < 4.78 is 1.78. The van der Waals surface area contributed by atoms with Gasteiger partial charge in [-0.2, -0.15) is 5.10 Å². The summed E-state index contributed by atoms with van der Waals surface area (Å²) >= 11 is 1.21. The molecule has 7 nitrogen and oxygen atoms in total. The third-order valence-corrected chi connectivity index (χ3v) is 4.49. The quantitative estimate of drug-likeness (QED) is 0.697. The lowest BCUT2D eigenvalue weighted by Crippen LogP contribution is -2.51. The van der Waals surface area contributed by atoms with E-state index in [1.165, 1.54) is 11.9 Å². The van der Waals surface area contributed by atoms with Crippen LogP contribution in [0, 0.1) is 0 Å². The second-order valence-corrected chi connectivity index (χ2v) is 6.29. The van der Waals surface area contributed by atoms with Crippen LogP contribution in [0.2, 0.25) is 0 Å². The first-order valence-corrected chi connectivity index (χ1v) is 8.13. The predicted molar refractivity (Wildman–Crippen MR) is 90.0 cm³/mol. The number of β-amino-alcohol motifs (C(OH)–C–C–N with tert-alkyl or cyclic N) is 1. The van der Waals surface area contributed by atoms with Gasteiger partial charge in [-0.05, 0) is 24.1 Å². The van der Waals surface area contributed by atoms with E-state index in [9.17, 15) is 5.11 Å². The zero-order valence-electron chi connectivity index (χ0n) is 12.5. The van der Waals surface area contributed by atoms with Crippen molar-refractivity contribution in [1.82, 2.24) is 19.7 Å². The Kier molecular flexibility index (Phi) is 3.44. The van der Waals surface area contributed by atoms with E-state index in [0.29, 0.717) is 19.0 Å². The fourth-order valence-electron chi connectivity index (χ4n) is 2.75. The summed E-state index contributed by atoms with van der Waals surface area (Å²) in [5.74, 6) is 0.622. The van der Waals surface area contributed by atoms with Gasteiger partial charge >= 0.3 is 0 Å². The summed E-state index contributed by atoms with van der Waals surface area (Å²) in [6.45, 7) is 1.12. The van der Waals surface area contributed by atoms with Crippen LogP contribution in [0.3, 0.4) is 0 Å². The number of anilines is 1. The minimum atomic E-state index is -0.302. The lowest BCUT2D eigenvalue weighted by Gasteiger charge is -2.35. The van der Waals surface area contributed by atoms with Gasteiger partial charge in [0.2, 0.25) is 5.95 Å². The molecular formula is C15H16N6OS. The molecule has 118 valence electrons. The van der Waals surface area contributed by atoms with Gasteiger partial charge < -0.3 is 10.0 Å². The smallest absolute Gasteiger partial charge is 0.226 e. The molecule has 0 bridgehead atoms. The van der Waals surface area contributed by atoms with E-state index in [1.54, 1.807) is 10.9 Å². The largest absolute Gasteiger partial charge is 0.389 e. The Hall–Kier alpha value is -2.16. The van der Waals surface area contributed by atoms with Gasteiger partial charge in [-0.15, -0.1) is 0 Å². The second-order valence-electron chi connectivity index (χ2n) is 5.58. The Balaban J connectivity index is 1.90. The van der Waals surface area contributed by atoms with Crippen LogP contribution in [0.5, 0.6) is 0 Å². The van der Waals surface area contributed by atoms with E-state index in [4.69, 9.17) is 10.1 Å². The van der Waals surface area contributed by atoms with Gasteiger partial charge in [0.05, 0.1) is 12.3 Å². The van der Waals surface area contributed by atoms with Gasteiger partial charge in [0.1, 0.15) is 16.7 Å². The monoisotopic (exact) mass is 328 g/mol. The van der Waals surface area contributed by atoms with Crippen LogP contribution in [-0.2, 0) is 7.05 Å². The summed E-state index contributed by atoms with van der Waals surface area (Å²) in [5.41, 5.74) is 3.47. The van der Waals surface area contributed by atoms with Crippen molar-refractivity contribution in [2.45, 2.75) is 11.0 Å². The van der Waals surface area contributed by atoms with Crippen molar-refractivity contribution in [2.75, 3.05) is 18.0 Å². The Labute approximate surface area is 137 Å². The highest BCUT2D eigenvalue weighted by Gasteiger charge is 2.28. The maximum absolute atomic E-state index is 9.52. The molecule has 1 fully saturated rings. The fourth-order valence-corrected chi connectivity index (χ4v) is 3.10. The van der Waals surface area contributed by atoms with E-state index >= 15 is 0 Å². The van der Waals surface area contributed by atoms with Gasteiger partial charge in [0.25, 0.3) is 0 Å². The van der Waals surface area contributed by atoms with E-state index in [1.807, 2.05) is 36.2 Å². The average molecular weight is 328 g/mol. The van der Waals surface area contributed by atoms with Crippen molar-refractivity contribution in [3.05, 3.63) is 30.5 Å². The number of aryl methyl sites for hydroxylation is 1. The Morgan fingerprint density at radius 1 is 1.30 bits per heavy atom. The van der Waals surface area contributed by atoms with Crippen LogP contribution in [-0.4, -0.2) is 44.0 Å². The van der Waals surface area contributed by atoms with Crippen molar-refractivity contribution in [3.63, 3.8) is 0 Å². The highest BCUT2D eigenvalue weighted by atomic mass is 32.2. The number of nitrogens with two attached hydrogens (primary N) is 1. The summed E-state index contributed by atoms with van der Waals surface area (Å²) in [6.07, 6.45) is 1.44. The molecule has 3 N–H and O–H groups in total. The molecule has 1 aliphatic heterocycles. The van der Waals surface area contributed by atoms with Crippen molar-refractivity contribution >= 4 is 28.9 Å². The molecule has 0 atom stereocenters. The first-order chi connectivity index (χ1) is 11.2. The maximum Gasteiger partial charge on any atom is 0.226 e. The third-order valence-electron chi connectivity index (χ3n) is 3.96. The van der Waals surface area contributed by atoms with E-state index in [2.05, 4.69) is 10.1 Å². The van der Waals surface area contributed by atoms with Crippen LogP contribution >= 0.6 is 11.9 Å². The molecule has 0 unspecified atom stereocenters. The topological polar surface area (TPSA) is 93.1 Å². The minimum Gasteiger partial charge on any atom is -0.389 e. The number of hydrogen-bond donors (Lipinski definition) is 2. The zero-order valence-corrected chi connectivity index (χ0v) is 13.4. The predicted octanol–water partition coefficient (Wildman–Crippen LogP) is 1.18. The molecule has 2 aromatic heterocycles. The molecule has 3 heterocycles. The molecular weight excluding hydrogens is 312 g/mol. The lowest BCUT2D eigenvalue weighted by atomic mass is 10.1. The number of fused-ring (bicyclic) bond motifs is 1. The van der Waals surface area contributed by atoms with Crippen molar-refractivity contribution in [1.29, 1.82) is 0 Å². The molecule has 1 aliphatic rings. The summed E-state index contributed by atoms with van der Waals surface area (Å²) in [4.78, 5) is 12.2. The van der Waals surface area contributed by atoms with Gasteiger partial charge in [0, 0.05) is 30.6 Å². The Bertz CT molecular complexity index is 874. The zero-order chi connectivity index (χ0) is 16.0. The molecule has 0 amide bonds. The average Bonchev–Trinajstić information content (AvgIpc) is 2.92. The van der Waals surface area contributed by atoms with Crippen LogP contribution in [0.4, 0.5) is 5.95 Å². The van der Waals surface area contributed by atoms with E-state index < -0.39 is 0 Å². The number of aliphatic hydroxyl groups is 1. The lowest BCUT2D eigenvalue weighted by molar-refractivity contribution is 0.140. The number of aliphatic hydroxyl groups excluding tert-OH is 1. The molecule has 0 spiro atoms. The fraction of sp³-hybridized carbons (Fsp3) is 0.267. The molecule has 3 aromatic rings. The molecule has 23 heavy (non-hydrogen) atoms. The van der Waals surface area contributed by atoms with Gasteiger partial charge in [-0.25, -0.2) is 9.97 Å². The van der Waals surface area contributed by atoms with Crippen molar-refractivity contribution in [3.8, 4) is 11.3 Å². The molecule has 8 heteroatoms. The number of benzene rings is 1. The molecule has 1 aromatic carbocycles. The van der Waals surface area contributed by atoms with Gasteiger partial charge in [-0.1, -0.05) is 12.1 Å². The molecule has 1 saturated heterocycles. The number of hydrogen-bond acceptors (Lipinski definition) is 7. The molecule has 4 rings (SSSR count).